The van der Waals surface area contributed by atoms with E-state index in [0.29, 0.717) is 46.5 Å². The molecule has 2 fully saturated rings. The number of hydrogen-bond donors (Lipinski definition) is 2. The predicted octanol–water partition coefficient (Wildman–Crippen LogP) is 6.49. The molecule has 1 aliphatic heterocycles. The number of alkyl halides is 1. The summed E-state index contributed by atoms with van der Waals surface area (Å²) < 4.78 is 21.3. The average Bonchev–Trinajstić information content (AvgIpc) is 3.48. The summed E-state index contributed by atoms with van der Waals surface area (Å²) in [5, 5.41) is 14.1. The van der Waals surface area contributed by atoms with Gasteiger partial charge in [-0.25, -0.2) is 9.37 Å². The van der Waals surface area contributed by atoms with Gasteiger partial charge in [-0.1, -0.05) is 46.7 Å². The number of amides is 1. The molecule has 2 atom stereocenters. The van der Waals surface area contributed by atoms with Crippen molar-refractivity contribution in [2.75, 3.05) is 18.5 Å². The van der Waals surface area contributed by atoms with Gasteiger partial charge in [0.1, 0.15) is 11.7 Å². The van der Waals surface area contributed by atoms with Gasteiger partial charge in [0.05, 0.1) is 58.1 Å². The topological polar surface area (TPSA) is 91.8 Å². The number of hydrogen-bond acceptors (Lipinski definition) is 6. The molecule has 202 valence electrons. The maximum Gasteiger partial charge on any atom is 0.306 e. The van der Waals surface area contributed by atoms with E-state index in [4.69, 9.17) is 33.0 Å². The third-order valence-corrected chi connectivity index (χ3v) is 8.79. The Balaban J connectivity index is 1.17. The third kappa shape index (κ3) is 6.22. The smallest absolute Gasteiger partial charge is 0.306 e. The number of aromatic nitrogens is 1. The number of fused-ring (bicyclic) bond motifs is 1. The fourth-order valence-corrected chi connectivity index (χ4v) is 6.60. The molecule has 1 saturated heterocycles. The van der Waals surface area contributed by atoms with Gasteiger partial charge in [0.25, 0.3) is 0 Å². The molecule has 0 bridgehead atoms. The first-order chi connectivity index (χ1) is 18.3. The van der Waals surface area contributed by atoms with E-state index in [9.17, 15) is 14.0 Å². The van der Waals surface area contributed by atoms with Gasteiger partial charge in [-0.15, -0.1) is 0 Å². The van der Waals surface area contributed by atoms with Crippen LogP contribution in [0.25, 0.3) is 10.2 Å². The van der Waals surface area contributed by atoms with Crippen molar-refractivity contribution in [2.45, 2.75) is 56.8 Å². The SMILES string of the molecule is O=C(Cc1ccc(Nc2nc3c(Cl)cccc3s2)c(Cl)c1)N1C[C@@H](F)C[C@H]1CO[C@H]1CC[C@H](C(=O)O)CC1. The summed E-state index contributed by atoms with van der Waals surface area (Å²) in [5.41, 5.74) is 2.11. The molecule has 38 heavy (non-hydrogen) atoms. The fraction of sp³-hybridized carbons (Fsp3) is 0.444. The van der Waals surface area contributed by atoms with E-state index < -0.39 is 12.1 Å². The normalized spacial score (nSPS) is 23.6. The number of aliphatic carboxylic acids is 1. The van der Waals surface area contributed by atoms with Crippen LogP contribution >= 0.6 is 34.5 Å². The number of halogens is 3. The van der Waals surface area contributed by atoms with Crippen LogP contribution in [0, 0.1) is 5.92 Å². The minimum Gasteiger partial charge on any atom is -0.481 e. The number of ether oxygens (including phenoxy) is 1. The van der Waals surface area contributed by atoms with Crippen LogP contribution in [0.1, 0.15) is 37.7 Å². The molecule has 1 saturated carbocycles. The first kappa shape index (κ1) is 27.1. The van der Waals surface area contributed by atoms with E-state index in [0.717, 1.165) is 15.8 Å². The lowest BCUT2D eigenvalue weighted by Crippen LogP contribution is -2.40. The molecule has 2 N–H and O–H groups in total. The number of thiazole rings is 1. The Labute approximate surface area is 233 Å². The number of para-hydroxylation sites is 1. The minimum atomic E-state index is -1.09. The molecular weight excluding hydrogens is 552 g/mol. The molecule has 1 aliphatic carbocycles. The predicted molar refractivity (Wildman–Crippen MR) is 147 cm³/mol. The van der Waals surface area contributed by atoms with Gasteiger partial charge in [-0.05, 0) is 55.5 Å². The highest BCUT2D eigenvalue weighted by molar-refractivity contribution is 7.22. The number of carboxylic acids is 1. The molecule has 0 unspecified atom stereocenters. The van der Waals surface area contributed by atoms with Gasteiger partial charge in [0.15, 0.2) is 5.13 Å². The zero-order valence-corrected chi connectivity index (χ0v) is 22.9. The Hall–Kier alpha value is -2.46. The van der Waals surface area contributed by atoms with Crippen molar-refractivity contribution in [3.8, 4) is 0 Å². The van der Waals surface area contributed by atoms with Crippen LogP contribution in [0.4, 0.5) is 15.2 Å². The van der Waals surface area contributed by atoms with E-state index in [-0.39, 0.29) is 50.0 Å². The zero-order valence-electron chi connectivity index (χ0n) is 20.5. The van der Waals surface area contributed by atoms with E-state index in [2.05, 4.69) is 10.3 Å². The van der Waals surface area contributed by atoms with Gasteiger partial charge in [-0.3, -0.25) is 9.59 Å². The number of rotatable bonds is 8. The maximum atomic E-state index is 14.3. The Bertz CT molecular complexity index is 1330. The molecule has 5 rings (SSSR count). The maximum absolute atomic E-state index is 14.3. The van der Waals surface area contributed by atoms with Gasteiger partial charge in [0, 0.05) is 6.42 Å². The summed E-state index contributed by atoms with van der Waals surface area (Å²) in [4.78, 5) is 30.4. The van der Waals surface area contributed by atoms with Gasteiger partial charge < -0.3 is 20.1 Å². The summed E-state index contributed by atoms with van der Waals surface area (Å²) in [5.74, 6) is -1.25. The summed E-state index contributed by atoms with van der Waals surface area (Å²) in [6.07, 6.45) is 1.70. The summed E-state index contributed by atoms with van der Waals surface area (Å²) >= 11 is 14.2. The number of nitrogens with one attached hydrogen (secondary N) is 1. The highest BCUT2D eigenvalue weighted by atomic mass is 35.5. The van der Waals surface area contributed by atoms with Gasteiger partial charge in [0.2, 0.25) is 5.91 Å². The molecule has 7 nitrogen and oxygen atoms in total. The molecule has 11 heteroatoms. The Morgan fingerprint density at radius 1 is 1.16 bits per heavy atom. The number of carbonyl (C=O) groups is 2. The monoisotopic (exact) mass is 579 g/mol. The molecule has 0 spiro atoms. The molecule has 2 heterocycles. The zero-order chi connectivity index (χ0) is 26.8. The summed E-state index contributed by atoms with van der Waals surface area (Å²) in [6, 6.07) is 10.6. The molecule has 3 aromatic rings. The number of nitrogens with zero attached hydrogens (tertiary/aromatic N) is 2. The quantitative estimate of drug-likeness (QED) is 0.317. The first-order valence-electron chi connectivity index (χ1n) is 12.6. The number of carbonyl (C=O) groups excluding carboxylic acids is 1. The number of likely N-dealkylation sites (tertiary alicyclic amines) is 1. The van der Waals surface area contributed by atoms with Crippen molar-refractivity contribution in [1.29, 1.82) is 0 Å². The number of carboxylic acid groups (broad SMARTS) is 1. The van der Waals surface area contributed by atoms with Crippen molar-refractivity contribution in [2.24, 2.45) is 5.92 Å². The minimum absolute atomic E-state index is 0.0478. The lowest BCUT2D eigenvalue weighted by molar-refractivity contribution is -0.144. The summed E-state index contributed by atoms with van der Waals surface area (Å²) in [7, 11) is 0. The van der Waals surface area contributed by atoms with Crippen molar-refractivity contribution in [3.63, 3.8) is 0 Å². The van der Waals surface area contributed by atoms with Crippen molar-refractivity contribution in [1.82, 2.24) is 9.88 Å². The molecule has 0 radical (unpaired) electrons. The summed E-state index contributed by atoms with van der Waals surface area (Å²) in [6.45, 7) is 0.302. The van der Waals surface area contributed by atoms with Gasteiger partial charge >= 0.3 is 5.97 Å². The average molecular weight is 581 g/mol. The molecule has 2 aliphatic rings. The Morgan fingerprint density at radius 2 is 1.95 bits per heavy atom. The lowest BCUT2D eigenvalue weighted by atomic mass is 9.87. The lowest BCUT2D eigenvalue weighted by Gasteiger charge is -2.29. The van der Waals surface area contributed by atoms with Crippen LogP contribution in [0.15, 0.2) is 36.4 Å². The number of benzene rings is 2. The Morgan fingerprint density at radius 3 is 2.66 bits per heavy atom. The van der Waals surface area contributed by atoms with Crippen LogP contribution < -0.4 is 5.32 Å². The van der Waals surface area contributed by atoms with E-state index in [1.54, 1.807) is 23.1 Å². The number of anilines is 2. The van der Waals surface area contributed by atoms with Crippen molar-refractivity contribution in [3.05, 3.63) is 52.0 Å². The fourth-order valence-electron chi connectivity index (χ4n) is 5.18. The van der Waals surface area contributed by atoms with E-state index >= 15 is 0 Å². The van der Waals surface area contributed by atoms with Crippen LogP contribution in [0.3, 0.4) is 0 Å². The standard InChI is InChI=1S/C27H28Cl2FN3O4S/c28-20-2-1-3-23-25(20)32-27(38-23)31-22-9-4-15(10-21(22)29)11-24(34)33-13-17(30)12-18(33)14-37-19-7-5-16(6-8-19)26(35)36/h1-4,9-10,16-19H,5-8,11-14H2,(H,31,32)(H,35,36)/t16-,17-,18-,19-/m0/s1. The molecule has 1 aromatic heterocycles. The molecular formula is C27H28Cl2FN3O4S. The second-order valence-electron chi connectivity index (χ2n) is 9.90. The molecule has 2 aromatic carbocycles. The van der Waals surface area contributed by atoms with Crippen molar-refractivity contribution < 1.29 is 23.8 Å². The highest BCUT2D eigenvalue weighted by Crippen LogP contribution is 2.34. The second kappa shape index (κ2) is 11.7. The third-order valence-electron chi connectivity index (χ3n) is 7.23. The van der Waals surface area contributed by atoms with Crippen LogP contribution in [0.5, 0.6) is 0 Å². The van der Waals surface area contributed by atoms with Crippen LogP contribution in [-0.2, 0) is 20.7 Å². The van der Waals surface area contributed by atoms with E-state index in [1.165, 1.54) is 11.3 Å². The largest absolute Gasteiger partial charge is 0.481 e. The Kier molecular flexibility index (Phi) is 8.38. The second-order valence-corrected chi connectivity index (χ2v) is 11.7. The van der Waals surface area contributed by atoms with Gasteiger partial charge in [-0.2, -0.15) is 0 Å². The first-order valence-corrected chi connectivity index (χ1v) is 14.2. The highest BCUT2D eigenvalue weighted by Gasteiger charge is 2.36. The molecule has 1 amide bonds. The van der Waals surface area contributed by atoms with Crippen LogP contribution in [0.2, 0.25) is 10.0 Å². The van der Waals surface area contributed by atoms with Crippen molar-refractivity contribution >= 4 is 67.5 Å². The van der Waals surface area contributed by atoms with E-state index in [1.807, 2.05) is 18.2 Å². The van der Waals surface area contributed by atoms with Crippen LogP contribution in [-0.4, -0.2) is 58.3 Å².